The SMILES string of the molecule is CC(C)C([AsH2])C(O)COc1ccc(OCCn2cc(Cl)cn2)cc1. The van der Waals surface area contributed by atoms with Crippen LogP contribution < -0.4 is 9.47 Å². The molecule has 0 spiro atoms. The fraction of sp³-hybridized carbons (Fsp3) is 0.471. The molecule has 0 aliphatic heterocycles. The van der Waals surface area contributed by atoms with Crippen LogP contribution in [0, 0.1) is 5.92 Å². The molecule has 2 aromatic rings. The van der Waals surface area contributed by atoms with Gasteiger partial charge in [0.15, 0.2) is 0 Å². The molecule has 3 atom stereocenters. The molecule has 0 fully saturated rings. The third-order valence-electron chi connectivity index (χ3n) is 3.65. The van der Waals surface area contributed by atoms with E-state index in [1.165, 1.54) is 0 Å². The van der Waals surface area contributed by atoms with Gasteiger partial charge in [-0.05, 0) is 0 Å². The molecule has 24 heavy (non-hydrogen) atoms. The number of benzene rings is 1. The zero-order valence-electron chi connectivity index (χ0n) is 13.9. The maximum atomic E-state index is 10.1. The van der Waals surface area contributed by atoms with E-state index < -0.39 is 6.10 Å². The molecule has 0 bridgehead atoms. The first-order valence-electron chi connectivity index (χ1n) is 7.93. The number of aliphatic hydroxyl groups excluding tert-OH is 1. The van der Waals surface area contributed by atoms with Gasteiger partial charge in [-0.1, -0.05) is 11.6 Å². The van der Waals surface area contributed by atoms with E-state index >= 15 is 0 Å². The summed E-state index contributed by atoms with van der Waals surface area (Å²) in [5.41, 5.74) is 0. The van der Waals surface area contributed by atoms with Crippen molar-refractivity contribution in [1.29, 1.82) is 0 Å². The number of halogens is 1. The number of hydrogen-bond donors (Lipinski definition) is 1. The molecule has 2 rings (SSSR count). The minimum absolute atomic E-state index is 0.260. The van der Waals surface area contributed by atoms with E-state index in [0.29, 0.717) is 30.7 Å². The average molecular weight is 415 g/mol. The van der Waals surface area contributed by atoms with Crippen LogP contribution in [-0.2, 0) is 6.54 Å². The van der Waals surface area contributed by atoms with Crippen molar-refractivity contribution in [2.24, 2.45) is 5.92 Å². The Morgan fingerprint density at radius 3 is 2.38 bits per heavy atom. The van der Waals surface area contributed by atoms with Gasteiger partial charge in [0.25, 0.3) is 0 Å². The Kier molecular flexibility index (Phi) is 7.47. The molecule has 1 aromatic heterocycles. The van der Waals surface area contributed by atoms with E-state index in [9.17, 15) is 5.11 Å². The summed E-state index contributed by atoms with van der Waals surface area (Å²) in [6.07, 6.45) is 2.91. The summed E-state index contributed by atoms with van der Waals surface area (Å²) in [4.78, 5) is 0. The predicted molar refractivity (Wildman–Crippen MR) is 97.8 cm³/mol. The molecule has 3 unspecified atom stereocenters. The van der Waals surface area contributed by atoms with Gasteiger partial charge in [0.05, 0.1) is 11.2 Å². The Balaban J connectivity index is 1.74. The first-order chi connectivity index (χ1) is 11.5. The average Bonchev–Trinajstić information content (AvgIpc) is 2.98. The van der Waals surface area contributed by atoms with Crippen LogP contribution in [0.4, 0.5) is 0 Å². The fourth-order valence-corrected chi connectivity index (χ4v) is 2.48. The van der Waals surface area contributed by atoms with Crippen LogP contribution >= 0.6 is 11.6 Å². The van der Waals surface area contributed by atoms with Crippen LogP contribution in [0.2, 0.25) is 9.73 Å². The van der Waals surface area contributed by atoms with Gasteiger partial charge in [0.1, 0.15) is 0 Å². The van der Waals surface area contributed by atoms with Crippen LogP contribution in [-0.4, -0.2) is 51.1 Å². The maximum absolute atomic E-state index is 10.1. The quantitative estimate of drug-likeness (QED) is 0.640. The van der Waals surface area contributed by atoms with Crippen molar-refractivity contribution < 1.29 is 14.6 Å². The molecule has 0 radical (unpaired) electrons. The van der Waals surface area contributed by atoms with Crippen molar-refractivity contribution in [1.82, 2.24) is 9.78 Å². The Labute approximate surface area is 156 Å². The number of hydrogen-bond acceptors (Lipinski definition) is 4. The van der Waals surface area contributed by atoms with Gasteiger partial charge in [-0.2, -0.15) is 5.10 Å². The minimum atomic E-state index is -0.443. The van der Waals surface area contributed by atoms with E-state index in [1.807, 2.05) is 24.3 Å². The van der Waals surface area contributed by atoms with Crippen molar-refractivity contribution in [3.8, 4) is 11.5 Å². The van der Waals surface area contributed by atoms with Crippen molar-refractivity contribution >= 4 is 28.5 Å². The van der Waals surface area contributed by atoms with Crippen LogP contribution in [0.25, 0.3) is 0 Å². The van der Waals surface area contributed by atoms with Gasteiger partial charge in [-0.15, -0.1) is 0 Å². The van der Waals surface area contributed by atoms with Gasteiger partial charge >= 0.3 is 122 Å². The number of ether oxygens (including phenoxy) is 2. The summed E-state index contributed by atoms with van der Waals surface area (Å²) in [5, 5.41) is 14.8. The third-order valence-corrected chi connectivity index (χ3v) is 6.39. The number of nitrogens with zero attached hydrogens (tertiary/aromatic N) is 2. The van der Waals surface area contributed by atoms with Crippen LogP contribution in [0.1, 0.15) is 13.8 Å². The molecule has 7 heteroatoms. The van der Waals surface area contributed by atoms with Crippen LogP contribution in [0.5, 0.6) is 11.5 Å². The fourth-order valence-electron chi connectivity index (χ4n) is 2.09. The summed E-state index contributed by atoms with van der Waals surface area (Å²) in [6.45, 7) is 5.66. The van der Waals surface area contributed by atoms with Crippen molar-refractivity contribution in [2.45, 2.75) is 31.2 Å². The van der Waals surface area contributed by atoms with E-state index in [1.54, 1.807) is 33.9 Å². The molecule has 1 heterocycles. The van der Waals surface area contributed by atoms with Gasteiger partial charge in [-0.3, -0.25) is 0 Å². The second kappa shape index (κ2) is 9.36. The number of aromatic nitrogens is 2. The Morgan fingerprint density at radius 2 is 1.83 bits per heavy atom. The van der Waals surface area contributed by atoms with Gasteiger partial charge in [0.2, 0.25) is 0 Å². The standard InChI is InChI=1S/C17H24AsClN2O3/c1-12(2)17(18)16(22)11-24-15-5-3-14(4-6-15)23-8-7-21-10-13(19)9-20-21/h3-6,9-10,12,16-17,22H,7-8,11,18H2,1-2H3. The molecular formula is C17H24AsClN2O3. The van der Waals surface area contributed by atoms with E-state index in [2.05, 4.69) is 18.9 Å². The summed E-state index contributed by atoms with van der Waals surface area (Å²) < 4.78 is 13.3. The normalized spacial score (nSPS) is 13.8. The van der Waals surface area contributed by atoms with E-state index in [-0.39, 0.29) is 4.71 Å². The Hall–Kier alpha value is -1.16. The first kappa shape index (κ1) is 19.2. The Morgan fingerprint density at radius 1 is 1.21 bits per heavy atom. The van der Waals surface area contributed by atoms with Crippen molar-refractivity contribution in [3.05, 3.63) is 41.7 Å². The zero-order valence-corrected chi connectivity index (χ0v) is 17.1. The van der Waals surface area contributed by atoms with E-state index in [4.69, 9.17) is 21.1 Å². The molecule has 1 N–H and O–H groups in total. The van der Waals surface area contributed by atoms with E-state index in [0.717, 1.165) is 11.5 Å². The predicted octanol–water partition coefficient (Wildman–Crippen LogP) is 2.43. The molecule has 0 aliphatic rings. The van der Waals surface area contributed by atoms with Crippen LogP contribution in [0.3, 0.4) is 0 Å². The molecule has 5 nitrogen and oxygen atoms in total. The molecule has 1 aromatic carbocycles. The summed E-state index contributed by atoms with van der Waals surface area (Å²) >= 11 is 7.36. The second-order valence-electron chi connectivity index (χ2n) is 5.94. The third kappa shape index (κ3) is 6.04. The first-order valence-corrected chi connectivity index (χ1v) is 9.70. The second-order valence-corrected chi connectivity index (χ2v) is 7.99. The number of aliphatic hydroxyl groups is 1. The van der Waals surface area contributed by atoms with Gasteiger partial charge in [-0.25, -0.2) is 0 Å². The van der Waals surface area contributed by atoms with Crippen LogP contribution in [0.15, 0.2) is 36.7 Å². The Bertz CT molecular complexity index is 619. The zero-order chi connectivity index (χ0) is 17.5. The topological polar surface area (TPSA) is 56.5 Å². The molecule has 0 saturated heterocycles. The van der Waals surface area contributed by atoms with Gasteiger partial charge in [0, 0.05) is 6.20 Å². The number of rotatable bonds is 9. The summed E-state index contributed by atoms with van der Waals surface area (Å²) in [6, 6.07) is 7.40. The molecule has 0 saturated carbocycles. The molecular weight excluding hydrogens is 391 g/mol. The molecule has 0 aliphatic carbocycles. The van der Waals surface area contributed by atoms with Gasteiger partial charge < -0.3 is 0 Å². The van der Waals surface area contributed by atoms with Crippen molar-refractivity contribution in [3.63, 3.8) is 0 Å². The molecule has 0 amide bonds. The summed E-state index contributed by atoms with van der Waals surface area (Å²) in [5.74, 6) is 1.94. The monoisotopic (exact) mass is 414 g/mol. The summed E-state index contributed by atoms with van der Waals surface area (Å²) in [7, 11) is 0. The molecule has 132 valence electrons. The van der Waals surface area contributed by atoms with Crippen molar-refractivity contribution in [2.75, 3.05) is 13.2 Å².